The van der Waals surface area contributed by atoms with Crippen LogP contribution in [0.2, 0.25) is 0 Å². The van der Waals surface area contributed by atoms with Crippen LogP contribution in [0.3, 0.4) is 0 Å². The SMILES string of the molecule is NNC(=NC1CNC(=O)C1)Nc1ccccc1. The summed E-state index contributed by atoms with van der Waals surface area (Å²) in [6.45, 7) is 0.556. The molecule has 2 rings (SSSR count). The lowest BCUT2D eigenvalue weighted by Gasteiger charge is -2.10. The van der Waals surface area contributed by atoms with Crippen molar-refractivity contribution in [1.29, 1.82) is 0 Å². The number of nitrogens with two attached hydrogens (primary N) is 1. The Morgan fingerprint density at radius 2 is 2.18 bits per heavy atom. The second-order valence-corrected chi connectivity index (χ2v) is 3.78. The Bertz CT molecular complexity index is 417. The quantitative estimate of drug-likeness (QED) is 0.246. The van der Waals surface area contributed by atoms with Gasteiger partial charge in [0.2, 0.25) is 11.9 Å². The van der Waals surface area contributed by atoms with Gasteiger partial charge in [-0.1, -0.05) is 18.2 Å². The van der Waals surface area contributed by atoms with Gasteiger partial charge in [0, 0.05) is 12.2 Å². The summed E-state index contributed by atoms with van der Waals surface area (Å²) in [5, 5.41) is 5.77. The molecule has 6 heteroatoms. The van der Waals surface area contributed by atoms with Gasteiger partial charge in [-0.2, -0.15) is 0 Å². The number of aliphatic imine (C=N–C) groups is 1. The summed E-state index contributed by atoms with van der Waals surface area (Å²) in [7, 11) is 0. The Balaban J connectivity index is 2.01. The zero-order chi connectivity index (χ0) is 12.1. The van der Waals surface area contributed by atoms with Gasteiger partial charge in [0.1, 0.15) is 0 Å². The third kappa shape index (κ3) is 3.18. The second-order valence-electron chi connectivity index (χ2n) is 3.78. The molecule has 0 aliphatic carbocycles. The first kappa shape index (κ1) is 11.4. The summed E-state index contributed by atoms with van der Waals surface area (Å²) in [6.07, 6.45) is 0.404. The summed E-state index contributed by atoms with van der Waals surface area (Å²) in [4.78, 5) is 15.4. The molecule has 1 unspecified atom stereocenters. The van der Waals surface area contributed by atoms with E-state index in [1.54, 1.807) is 0 Å². The first-order valence-electron chi connectivity index (χ1n) is 5.41. The topological polar surface area (TPSA) is 91.5 Å². The molecule has 1 atom stereocenters. The Morgan fingerprint density at radius 3 is 2.76 bits per heavy atom. The van der Waals surface area contributed by atoms with Gasteiger partial charge in [-0.3, -0.25) is 10.2 Å². The minimum absolute atomic E-state index is 0.0230. The first-order valence-corrected chi connectivity index (χ1v) is 5.41. The predicted molar refractivity (Wildman–Crippen MR) is 66.2 cm³/mol. The molecule has 0 bridgehead atoms. The molecule has 1 aliphatic rings. The van der Waals surface area contributed by atoms with Gasteiger partial charge in [0.05, 0.1) is 12.5 Å². The van der Waals surface area contributed by atoms with Crippen LogP contribution in [0.5, 0.6) is 0 Å². The Morgan fingerprint density at radius 1 is 1.41 bits per heavy atom. The molecule has 0 aromatic heterocycles. The molecular formula is C11H15N5O. The van der Waals surface area contributed by atoms with Crippen LogP contribution >= 0.6 is 0 Å². The van der Waals surface area contributed by atoms with Crippen LogP contribution in [-0.4, -0.2) is 24.5 Å². The number of nitrogens with one attached hydrogen (secondary N) is 3. The number of guanidine groups is 1. The average molecular weight is 233 g/mol. The van der Waals surface area contributed by atoms with Crippen LogP contribution in [0.15, 0.2) is 35.3 Å². The summed E-state index contributed by atoms with van der Waals surface area (Å²) in [5.74, 6) is 5.86. The highest BCUT2D eigenvalue weighted by molar-refractivity contribution is 5.93. The maximum Gasteiger partial charge on any atom is 0.222 e. The van der Waals surface area contributed by atoms with Crippen LogP contribution in [0.4, 0.5) is 5.69 Å². The Kier molecular flexibility index (Phi) is 3.56. The van der Waals surface area contributed by atoms with E-state index in [0.717, 1.165) is 5.69 Å². The molecule has 5 N–H and O–H groups in total. The maximum atomic E-state index is 11.0. The fourth-order valence-electron chi connectivity index (χ4n) is 1.63. The van der Waals surface area contributed by atoms with Gasteiger partial charge in [-0.05, 0) is 12.1 Å². The Hall–Kier alpha value is -2.08. The molecule has 1 saturated heterocycles. The molecule has 1 aromatic rings. The number of carbonyl (C=O) groups excluding carboxylic acids is 1. The van der Waals surface area contributed by atoms with Crippen LogP contribution < -0.4 is 21.9 Å². The molecule has 0 saturated carbocycles. The second kappa shape index (κ2) is 5.31. The van der Waals surface area contributed by atoms with Crippen molar-refractivity contribution in [2.45, 2.75) is 12.5 Å². The van der Waals surface area contributed by atoms with E-state index in [1.807, 2.05) is 30.3 Å². The van der Waals surface area contributed by atoms with E-state index < -0.39 is 0 Å². The number of para-hydroxylation sites is 1. The monoisotopic (exact) mass is 233 g/mol. The molecule has 1 fully saturated rings. The van der Waals surface area contributed by atoms with Crippen LogP contribution in [-0.2, 0) is 4.79 Å². The van der Waals surface area contributed by atoms with Gasteiger partial charge in [-0.25, -0.2) is 10.8 Å². The molecule has 0 spiro atoms. The van der Waals surface area contributed by atoms with Crippen molar-refractivity contribution >= 4 is 17.6 Å². The summed E-state index contributed by atoms with van der Waals surface area (Å²) in [6, 6.07) is 9.51. The fraction of sp³-hybridized carbons (Fsp3) is 0.273. The third-order valence-electron chi connectivity index (χ3n) is 2.44. The minimum Gasteiger partial charge on any atom is -0.354 e. The number of hydrazine groups is 1. The molecule has 6 nitrogen and oxygen atoms in total. The normalized spacial score (nSPS) is 19.9. The lowest BCUT2D eigenvalue weighted by atomic mass is 10.3. The molecule has 1 aliphatic heterocycles. The van der Waals surface area contributed by atoms with Crippen molar-refractivity contribution < 1.29 is 4.79 Å². The molecule has 17 heavy (non-hydrogen) atoms. The molecule has 1 amide bonds. The van der Waals surface area contributed by atoms with Gasteiger partial charge in [-0.15, -0.1) is 0 Å². The van der Waals surface area contributed by atoms with E-state index in [9.17, 15) is 4.79 Å². The van der Waals surface area contributed by atoms with E-state index >= 15 is 0 Å². The zero-order valence-electron chi connectivity index (χ0n) is 9.31. The van der Waals surface area contributed by atoms with Crippen molar-refractivity contribution in [3.8, 4) is 0 Å². The van der Waals surface area contributed by atoms with Crippen molar-refractivity contribution in [3.05, 3.63) is 30.3 Å². The number of rotatable bonds is 2. The lowest BCUT2D eigenvalue weighted by molar-refractivity contribution is -0.119. The summed E-state index contributed by atoms with van der Waals surface area (Å²) in [5.41, 5.74) is 3.38. The number of nitrogens with zero attached hydrogens (tertiary/aromatic N) is 1. The smallest absolute Gasteiger partial charge is 0.222 e. The van der Waals surface area contributed by atoms with Gasteiger partial charge in [0.15, 0.2) is 0 Å². The summed E-state index contributed by atoms with van der Waals surface area (Å²) < 4.78 is 0. The van der Waals surface area contributed by atoms with Crippen LogP contribution in [0, 0.1) is 0 Å². The fourth-order valence-corrected chi connectivity index (χ4v) is 1.63. The maximum absolute atomic E-state index is 11.0. The van der Waals surface area contributed by atoms with E-state index in [2.05, 4.69) is 21.1 Å². The average Bonchev–Trinajstić information content (AvgIpc) is 2.75. The van der Waals surface area contributed by atoms with Crippen molar-refractivity contribution in [3.63, 3.8) is 0 Å². The number of hydrogen-bond acceptors (Lipinski definition) is 3. The Labute approximate surface area is 99.3 Å². The number of benzene rings is 1. The lowest BCUT2D eigenvalue weighted by Crippen LogP contribution is -2.37. The van der Waals surface area contributed by atoms with Crippen molar-refractivity contribution in [1.82, 2.24) is 10.7 Å². The van der Waals surface area contributed by atoms with Gasteiger partial charge in [0.25, 0.3) is 0 Å². The third-order valence-corrected chi connectivity index (χ3v) is 2.44. The highest BCUT2D eigenvalue weighted by Gasteiger charge is 2.21. The molecule has 0 radical (unpaired) electrons. The van der Waals surface area contributed by atoms with Crippen LogP contribution in [0.25, 0.3) is 0 Å². The predicted octanol–water partition coefficient (Wildman–Crippen LogP) is -0.194. The number of anilines is 1. The highest BCUT2D eigenvalue weighted by atomic mass is 16.1. The number of carbonyl (C=O) groups is 1. The molecule has 1 aromatic carbocycles. The van der Waals surface area contributed by atoms with E-state index in [4.69, 9.17) is 5.84 Å². The summed E-state index contributed by atoms with van der Waals surface area (Å²) >= 11 is 0. The minimum atomic E-state index is -0.0650. The van der Waals surface area contributed by atoms with Crippen LogP contribution in [0.1, 0.15) is 6.42 Å². The highest BCUT2D eigenvalue weighted by Crippen LogP contribution is 2.07. The molecular weight excluding hydrogens is 218 g/mol. The van der Waals surface area contributed by atoms with E-state index in [-0.39, 0.29) is 11.9 Å². The number of hydrogen-bond donors (Lipinski definition) is 4. The molecule has 90 valence electrons. The number of amides is 1. The largest absolute Gasteiger partial charge is 0.354 e. The van der Waals surface area contributed by atoms with E-state index in [1.165, 1.54) is 0 Å². The molecule has 1 heterocycles. The first-order chi connectivity index (χ1) is 8.28. The van der Waals surface area contributed by atoms with Crippen molar-refractivity contribution in [2.75, 3.05) is 11.9 Å². The standard InChI is InChI=1S/C11H15N5O/c12-16-11(14-8-4-2-1-3-5-8)15-9-6-10(17)13-7-9/h1-5,9H,6-7,12H2,(H,13,17)(H2,14,15,16). The van der Waals surface area contributed by atoms with Gasteiger partial charge >= 0.3 is 0 Å². The van der Waals surface area contributed by atoms with E-state index in [0.29, 0.717) is 18.9 Å². The van der Waals surface area contributed by atoms with Gasteiger partial charge < -0.3 is 10.6 Å². The zero-order valence-corrected chi connectivity index (χ0v) is 9.31. The van der Waals surface area contributed by atoms with Crippen molar-refractivity contribution in [2.24, 2.45) is 10.8 Å².